The largest absolute Gasteiger partial charge is 0.490 e. The van der Waals surface area contributed by atoms with E-state index in [-0.39, 0.29) is 4.70 Å². The lowest BCUT2D eigenvalue weighted by atomic mass is 10.7. The van der Waals surface area contributed by atoms with E-state index in [0.29, 0.717) is 0 Å². The number of alkyl halides is 3. The van der Waals surface area contributed by atoms with Gasteiger partial charge in [0.25, 0.3) is 5.97 Å². The first-order chi connectivity index (χ1) is 4.68. The van der Waals surface area contributed by atoms with Crippen LogP contribution < -0.4 is 0 Å². The summed E-state index contributed by atoms with van der Waals surface area (Å²) in [5.74, 6) is -3.59. The molecule has 0 heterocycles. The third-order valence-corrected chi connectivity index (χ3v) is 0.243. The predicted molar refractivity (Wildman–Crippen MR) is 29.5 cm³/mol. The molecule has 74 valence electrons. The molecule has 0 aliphatic rings. The number of rotatable bonds is 0. The summed E-state index contributed by atoms with van der Waals surface area (Å²) in [6, 6.07) is 0. The average molecular weight is 194 g/mol. The first kappa shape index (κ1) is 17.0. The van der Waals surface area contributed by atoms with E-state index in [4.69, 9.17) is 19.8 Å². The lowest BCUT2D eigenvalue weighted by Crippen LogP contribution is -2.21. The number of aliphatic carboxylic acids is 2. The second-order valence-corrected chi connectivity index (χ2v) is 1.32. The highest BCUT2D eigenvalue weighted by atomic mass is 19.4. The molecule has 0 unspecified atom stereocenters. The van der Waals surface area contributed by atoms with Gasteiger partial charge in [-0.2, -0.15) is 13.2 Å². The summed E-state index contributed by atoms with van der Waals surface area (Å²) in [5, 5.41) is 14.5. The Kier molecular flexibility index (Phi) is 9.01. The van der Waals surface area contributed by atoms with Crippen molar-refractivity contribution in [2.45, 2.75) is 13.1 Å². The van der Waals surface area contributed by atoms with Crippen LogP contribution >= 0.6 is 0 Å². The van der Waals surface area contributed by atoms with Crippen LogP contribution in [-0.4, -0.2) is 28.3 Å². The Labute approximate surface area is 64.0 Å². The molecule has 0 aromatic heterocycles. The molecule has 0 aromatic rings. The van der Waals surface area contributed by atoms with Crippen LogP contribution in [0.25, 0.3) is 0 Å². The summed E-state index contributed by atoms with van der Waals surface area (Å²) in [5.41, 5.74) is 0. The van der Waals surface area contributed by atoms with Gasteiger partial charge in [0.15, 0.2) is 0 Å². The summed E-state index contributed by atoms with van der Waals surface area (Å²) in [6.45, 7) is 1.08. The van der Waals surface area contributed by atoms with Gasteiger partial charge in [0.05, 0.1) is 0 Å². The standard InChI is InChI=1S/C2HF3O2.C2H4O2.FH/c3-2(4,5)1(6)7;1-2(3)4;/h(H,6,7);1H3,(H,3,4);1H. The van der Waals surface area contributed by atoms with E-state index in [0.717, 1.165) is 6.92 Å². The number of carbonyl (C=O) groups is 2. The van der Waals surface area contributed by atoms with Crippen LogP contribution in [0.1, 0.15) is 6.92 Å². The number of hydrogen-bond acceptors (Lipinski definition) is 2. The third-order valence-electron chi connectivity index (χ3n) is 0.243. The van der Waals surface area contributed by atoms with Crippen molar-refractivity contribution in [2.24, 2.45) is 0 Å². The van der Waals surface area contributed by atoms with Gasteiger partial charge in [0, 0.05) is 6.92 Å². The molecule has 2 N–H and O–H groups in total. The summed E-state index contributed by atoms with van der Waals surface area (Å²) < 4.78 is 31.7. The lowest BCUT2D eigenvalue weighted by molar-refractivity contribution is -0.192. The van der Waals surface area contributed by atoms with Gasteiger partial charge in [0.1, 0.15) is 0 Å². The van der Waals surface area contributed by atoms with Crippen LogP contribution in [0, 0.1) is 0 Å². The predicted octanol–water partition coefficient (Wildman–Crippen LogP) is 0.877. The minimum absolute atomic E-state index is 0. The molecule has 0 aromatic carbocycles. The Hall–Kier alpha value is -1.34. The molecule has 0 amide bonds. The van der Waals surface area contributed by atoms with E-state index in [1.807, 2.05) is 0 Å². The summed E-state index contributed by atoms with van der Waals surface area (Å²) in [7, 11) is 0. The van der Waals surface area contributed by atoms with Crippen LogP contribution in [0.2, 0.25) is 0 Å². The zero-order chi connectivity index (χ0) is 9.65. The maximum Gasteiger partial charge on any atom is 0.490 e. The second-order valence-electron chi connectivity index (χ2n) is 1.32. The minimum Gasteiger partial charge on any atom is -0.481 e. The molecule has 4 nitrogen and oxygen atoms in total. The zero-order valence-corrected chi connectivity index (χ0v) is 5.75. The molecule has 0 bridgehead atoms. The fourth-order valence-electron chi connectivity index (χ4n) is 0. The van der Waals surface area contributed by atoms with Crippen molar-refractivity contribution in [1.29, 1.82) is 0 Å². The average Bonchev–Trinajstić information content (AvgIpc) is 1.59. The van der Waals surface area contributed by atoms with Crippen molar-refractivity contribution < 1.29 is 37.7 Å². The highest BCUT2D eigenvalue weighted by molar-refractivity contribution is 5.73. The van der Waals surface area contributed by atoms with E-state index in [9.17, 15) is 13.2 Å². The molecule has 0 aliphatic heterocycles. The molecular formula is C4H6F4O4. The van der Waals surface area contributed by atoms with Crippen molar-refractivity contribution in [2.75, 3.05) is 0 Å². The Morgan fingerprint density at radius 2 is 1.25 bits per heavy atom. The Morgan fingerprint density at radius 3 is 1.25 bits per heavy atom. The fourth-order valence-corrected chi connectivity index (χ4v) is 0. The van der Waals surface area contributed by atoms with Crippen molar-refractivity contribution in [1.82, 2.24) is 0 Å². The van der Waals surface area contributed by atoms with Crippen LogP contribution in [0.5, 0.6) is 0 Å². The molecule has 0 fully saturated rings. The molecule has 0 spiro atoms. The van der Waals surface area contributed by atoms with Crippen molar-refractivity contribution in [3.05, 3.63) is 0 Å². The first-order valence-electron chi connectivity index (χ1n) is 2.17. The molecule has 0 aliphatic carbocycles. The topological polar surface area (TPSA) is 74.6 Å². The van der Waals surface area contributed by atoms with Gasteiger partial charge < -0.3 is 10.2 Å². The number of halogens is 4. The van der Waals surface area contributed by atoms with E-state index < -0.39 is 18.1 Å². The van der Waals surface area contributed by atoms with E-state index in [1.54, 1.807) is 0 Å². The van der Waals surface area contributed by atoms with Gasteiger partial charge in [-0.1, -0.05) is 0 Å². The first-order valence-corrected chi connectivity index (χ1v) is 2.17. The summed E-state index contributed by atoms with van der Waals surface area (Å²) in [6.07, 6.45) is -5.08. The summed E-state index contributed by atoms with van der Waals surface area (Å²) >= 11 is 0. The van der Waals surface area contributed by atoms with E-state index >= 15 is 0 Å². The number of hydrogen-bond donors (Lipinski definition) is 2. The molecule has 0 rings (SSSR count). The molecular weight excluding hydrogens is 188 g/mol. The van der Waals surface area contributed by atoms with Crippen molar-refractivity contribution in [3.63, 3.8) is 0 Å². The van der Waals surface area contributed by atoms with Gasteiger partial charge in [-0.3, -0.25) is 9.50 Å². The highest BCUT2D eigenvalue weighted by Gasteiger charge is 2.38. The van der Waals surface area contributed by atoms with Crippen LogP contribution in [0.15, 0.2) is 0 Å². The monoisotopic (exact) mass is 194 g/mol. The van der Waals surface area contributed by atoms with E-state index in [1.165, 1.54) is 0 Å². The van der Waals surface area contributed by atoms with Crippen LogP contribution in [-0.2, 0) is 9.59 Å². The quantitative estimate of drug-likeness (QED) is 0.561. The van der Waals surface area contributed by atoms with Crippen LogP contribution in [0.3, 0.4) is 0 Å². The van der Waals surface area contributed by atoms with Gasteiger partial charge in [-0.25, -0.2) is 4.79 Å². The lowest BCUT2D eigenvalue weighted by Gasteiger charge is -1.93. The van der Waals surface area contributed by atoms with Gasteiger partial charge in [-0.05, 0) is 0 Å². The summed E-state index contributed by atoms with van der Waals surface area (Å²) in [4.78, 5) is 17.9. The van der Waals surface area contributed by atoms with Crippen LogP contribution in [0.4, 0.5) is 17.9 Å². The fraction of sp³-hybridized carbons (Fsp3) is 0.500. The second kappa shape index (κ2) is 6.38. The molecule has 12 heavy (non-hydrogen) atoms. The minimum atomic E-state index is -5.08. The zero-order valence-electron chi connectivity index (χ0n) is 5.75. The molecule has 0 saturated carbocycles. The number of carboxylic acids is 2. The molecule has 0 radical (unpaired) electrons. The molecule has 0 atom stereocenters. The maximum absolute atomic E-state index is 10.6. The normalized spacial score (nSPS) is 8.67. The van der Waals surface area contributed by atoms with E-state index in [2.05, 4.69) is 0 Å². The van der Waals surface area contributed by atoms with Gasteiger partial charge in [-0.15, -0.1) is 0 Å². The SMILES string of the molecule is CC(=O)O.F.O=C(O)C(F)(F)F. The molecule has 0 saturated heterocycles. The Bertz CT molecular complexity index is 148. The van der Waals surface area contributed by atoms with Gasteiger partial charge >= 0.3 is 12.1 Å². The Morgan fingerprint density at radius 1 is 1.17 bits per heavy atom. The smallest absolute Gasteiger partial charge is 0.481 e. The van der Waals surface area contributed by atoms with Crippen molar-refractivity contribution >= 4 is 11.9 Å². The number of carboxylic acid groups (broad SMARTS) is 2. The highest BCUT2D eigenvalue weighted by Crippen LogP contribution is 2.13. The van der Waals surface area contributed by atoms with Crippen molar-refractivity contribution in [3.8, 4) is 0 Å². The Balaban J connectivity index is -0.000000142. The third kappa shape index (κ3) is 23.4. The van der Waals surface area contributed by atoms with Gasteiger partial charge in [0.2, 0.25) is 0 Å². The molecule has 8 heteroatoms. The maximum atomic E-state index is 10.6.